The molecule has 1 heterocycles. The molecule has 2 rings (SSSR count). The molecule has 1 aliphatic heterocycles. The van der Waals surface area contributed by atoms with Crippen LogP contribution in [0.4, 0.5) is 0 Å². The van der Waals surface area contributed by atoms with Gasteiger partial charge in [-0.25, -0.2) is 0 Å². The summed E-state index contributed by atoms with van der Waals surface area (Å²) in [6.07, 6.45) is 8.40. The molecule has 0 aromatic rings. The molecule has 1 saturated heterocycles. The molecule has 1 atom stereocenters. The highest BCUT2D eigenvalue weighted by Crippen LogP contribution is 2.17. The smallest absolute Gasteiger partial charge is 0.0207 e. The van der Waals surface area contributed by atoms with E-state index in [0.717, 1.165) is 12.6 Å². The number of hydrogen-bond acceptors (Lipinski definition) is 3. The van der Waals surface area contributed by atoms with E-state index in [1.54, 1.807) is 0 Å². The first kappa shape index (κ1) is 12.3. The maximum absolute atomic E-state index is 3.73. The SMILES string of the molecule is CN1CCNC(CCNC2CCCCC2)C1. The van der Waals surface area contributed by atoms with Crippen molar-refractivity contribution in [3.63, 3.8) is 0 Å². The van der Waals surface area contributed by atoms with Crippen LogP contribution in [0.3, 0.4) is 0 Å². The minimum absolute atomic E-state index is 0.704. The van der Waals surface area contributed by atoms with Crippen LogP contribution in [-0.2, 0) is 0 Å². The first-order chi connectivity index (χ1) is 7.84. The van der Waals surface area contributed by atoms with Crippen LogP contribution in [0.15, 0.2) is 0 Å². The van der Waals surface area contributed by atoms with Gasteiger partial charge in [0.2, 0.25) is 0 Å². The molecule has 3 heteroatoms. The maximum Gasteiger partial charge on any atom is 0.0207 e. The number of rotatable bonds is 4. The van der Waals surface area contributed by atoms with Gasteiger partial charge in [-0.1, -0.05) is 19.3 Å². The third kappa shape index (κ3) is 4.04. The number of piperazine rings is 1. The molecule has 0 aromatic heterocycles. The second-order valence-electron chi connectivity index (χ2n) is 5.49. The highest BCUT2D eigenvalue weighted by Gasteiger charge is 2.17. The Morgan fingerprint density at radius 2 is 2.06 bits per heavy atom. The van der Waals surface area contributed by atoms with E-state index in [-0.39, 0.29) is 0 Å². The number of nitrogens with zero attached hydrogens (tertiary/aromatic N) is 1. The molecule has 0 aromatic carbocycles. The number of likely N-dealkylation sites (N-methyl/N-ethyl adjacent to an activating group) is 1. The lowest BCUT2D eigenvalue weighted by Gasteiger charge is -2.31. The Hall–Kier alpha value is -0.120. The standard InChI is InChI=1S/C13H27N3/c1-16-10-9-15-13(11-16)7-8-14-12-5-3-2-4-6-12/h12-15H,2-11H2,1H3. The van der Waals surface area contributed by atoms with Crippen LogP contribution in [0.1, 0.15) is 38.5 Å². The van der Waals surface area contributed by atoms with Gasteiger partial charge in [0, 0.05) is 31.7 Å². The molecule has 16 heavy (non-hydrogen) atoms. The van der Waals surface area contributed by atoms with E-state index in [0.29, 0.717) is 6.04 Å². The predicted octanol–water partition coefficient (Wildman–Crippen LogP) is 1.20. The molecule has 1 saturated carbocycles. The van der Waals surface area contributed by atoms with Crippen LogP contribution < -0.4 is 10.6 Å². The van der Waals surface area contributed by atoms with Crippen molar-refractivity contribution >= 4 is 0 Å². The van der Waals surface area contributed by atoms with Crippen LogP contribution in [0, 0.1) is 0 Å². The zero-order valence-electron chi connectivity index (χ0n) is 10.7. The molecule has 2 fully saturated rings. The first-order valence-electron chi connectivity index (χ1n) is 7.00. The normalized spacial score (nSPS) is 29.4. The van der Waals surface area contributed by atoms with Crippen LogP contribution in [0.25, 0.3) is 0 Å². The predicted molar refractivity (Wildman–Crippen MR) is 68.8 cm³/mol. The summed E-state index contributed by atoms with van der Waals surface area (Å²) >= 11 is 0. The Kier molecular flexibility index (Phi) is 5.07. The highest BCUT2D eigenvalue weighted by atomic mass is 15.2. The third-order valence-electron chi connectivity index (χ3n) is 3.99. The van der Waals surface area contributed by atoms with Gasteiger partial charge in [-0.15, -0.1) is 0 Å². The third-order valence-corrected chi connectivity index (χ3v) is 3.99. The van der Waals surface area contributed by atoms with Gasteiger partial charge in [-0.2, -0.15) is 0 Å². The van der Waals surface area contributed by atoms with Gasteiger partial charge in [0.25, 0.3) is 0 Å². The van der Waals surface area contributed by atoms with Gasteiger partial charge in [0.15, 0.2) is 0 Å². The van der Waals surface area contributed by atoms with Gasteiger partial charge in [-0.05, 0) is 32.9 Å². The average Bonchev–Trinajstić information content (AvgIpc) is 2.30. The van der Waals surface area contributed by atoms with Crippen LogP contribution in [0.2, 0.25) is 0 Å². The Morgan fingerprint density at radius 1 is 1.25 bits per heavy atom. The van der Waals surface area contributed by atoms with Gasteiger partial charge >= 0.3 is 0 Å². The second-order valence-corrected chi connectivity index (χ2v) is 5.49. The van der Waals surface area contributed by atoms with Crippen molar-refractivity contribution in [2.75, 3.05) is 33.2 Å². The summed E-state index contributed by atoms with van der Waals surface area (Å²) in [7, 11) is 2.22. The summed E-state index contributed by atoms with van der Waals surface area (Å²) in [5.41, 5.74) is 0. The highest BCUT2D eigenvalue weighted by molar-refractivity contribution is 4.79. The minimum atomic E-state index is 0.704. The zero-order valence-corrected chi connectivity index (χ0v) is 10.7. The van der Waals surface area contributed by atoms with E-state index >= 15 is 0 Å². The van der Waals surface area contributed by atoms with Gasteiger partial charge in [0.1, 0.15) is 0 Å². The lowest BCUT2D eigenvalue weighted by atomic mass is 9.95. The molecule has 0 amide bonds. The van der Waals surface area contributed by atoms with Gasteiger partial charge in [0.05, 0.1) is 0 Å². The van der Waals surface area contributed by atoms with Crippen LogP contribution >= 0.6 is 0 Å². The molecule has 2 aliphatic rings. The van der Waals surface area contributed by atoms with Crippen LogP contribution in [0.5, 0.6) is 0 Å². The summed E-state index contributed by atoms with van der Waals surface area (Å²) in [4.78, 5) is 2.43. The minimum Gasteiger partial charge on any atom is -0.314 e. The summed E-state index contributed by atoms with van der Waals surface area (Å²) in [5, 5.41) is 7.33. The molecule has 0 radical (unpaired) electrons. The van der Waals surface area contributed by atoms with Crippen molar-refractivity contribution in [2.24, 2.45) is 0 Å². The fraction of sp³-hybridized carbons (Fsp3) is 1.00. The maximum atomic E-state index is 3.73. The summed E-state index contributed by atoms with van der Waals surface area (Å²) < 4.78 is 0. The average molecular weight is 225 g/mol. The van der Waals surface area contributed by atoms with E-state index in [1.165, 1.54) is 58.2 Å². The summed E-state index contributed by atoms with van der Waals surface area (Å²) in [5.74, 6) is 0. The van der Waals surface area contributed by atoms with Gasteiger partial charge < -0.3 is 15.5 Å². The fourth-order valence-corrected chi connectivity index (χ4v) is 2.95. The molecule has 3 nitrogen and oxygen atoms in total. The summed E-state index contributed by atoms with van der Waals surface area (Å²) in [6, 6.07) is 1.52. The van der Waals surface area contributed by atoms with Crippen molar-refractivity contribution in [1.29, 1.82) is 0 Å². The largest absolute Gasteiger partial charge is 0.314 e. The Bertz CT molecular complexity index is 190. The molecule has 94 valence electrons. The number of hydrogen-bond donors (Lipinski definition) is 2. The monoisotopic (exact) mass is 225 g/mol. The van der Waals surface area contributed by atoms with E-state index in [2.05, 4.69) is 22.6 Å². The van der Waals surface area contributed by atoms with E-state index < -0.39 is 0 Å². The first-order valence-corrected chi connectivity index (χ1v) is 7.00. The quantitative estimate of drug-likeness (QED) is 0.753. The second kappa shape index (κ2) is 6.58. The van der Waals surface area contributed by atoms with Crippen molar-refractivity contribution < 1.29 is 0 Å². The van der Waals surface area contributed by atoms with E-state index in [4.69, 9.17) is 0 Å². The fourth-order valence-electron chi connectivity index (χ4n) is 2.95. The molecule has 2 N–H and O–H groups in total. The van der Waals surface area contributed by atoms with E-state index in [1.807, 2.05) is 0 Å². The van der Waals surface area contributed by atoms with Gasteiger partial charge in [-0.3, -0.25) is 0 Å². The topological polar surface area (TPSA) is 27.3 Å². The van der Waals surface area contributed by atoms with Crippen molar-refractivity contribution in [3.8, 4) is 0 Å². The van der Waals surface area contributed by atoms with Crippen molar-refractivity contribution in [1.82, 2.24) is 15.5 Å². The Balaban J connectivity index is 1.56. The Morgan fingerprint density at radius 3 is 2.81 bits per heavy atom. The lowest BCUT2D eigenvalue weighted by Crippen LogP contribution is -2.50. The van der Waals surface area contributed by atoms with Crippen molar-refractivity contribution in [3.05, 3.63) is 0 Å². The molecular weight excluding hydrogens is 198 g/mol. The number of nitrogens with one attached hydrogen (secondary N) is 2. The van der Waals surface area contributed by atoms with E-state index in [9.17, 15) is 0 Å². The molecule has 0 spiro atoms. The molecule has 1 unspecified atom stereocenters. The van der Waals surface area contributed by atoms with Crippen LogP contribution in [-0.4, -0.2) is 50.2 Å². The zero-order chi connectivity index (χ0) is 11.2. The molecule has 0 bridgehead atoms. The summed E-state index contributed by atoms with van der Waals surface area (Å²) in [6.45, 7) is 4.76. The lowest BCUT2D eigenvalue weighted by molar-refractivity contribution is 0.228. The van der Waals surface area contributed by atoms with Crippen molar-refractivity contribution in [2.45, 2.75) is 50.6 Å². The molecular formula is C13H27N3. The molecule has 1 aliphatic carbocycles. The Labute approximate surface area is 100.0 Å².